The fourth-order valence-corrected chi connectivity index (χ4v) is 7.34. The van der Waals surface area contributed by atoms with Gasteiger partial charge < -0.3 is 4.42 Å². The Labute approximate surface area is 300 Å². The zero-order chi connectivity index (χ0) is 34.8. The lowest BCUT2D eigenvalue weighted by molar-refractivity contribution is 0.669. The first kappa shape index (κ1) is 30.0. The normalized spacial score (nSPS) is 11.7. The van der Waals surface area contributed by atoms with Gasteiger partial charge in [0.25, 0.3) is 0 Å². The van der Waals surface area contributed by atoms with Crippen molar-refractivity contribution in [1.82, 2.24) is 19.5 Å². The van der Waals surface area contributed by atoms with E-state index in [2.05, 4.69) is 170 Å². The van der Waals surface area contributed by atoms with Crippen molar-refractivity contribution in [2.75, 3.05) is 0 Å². The van der Waals surface area contributed by atoms with Crippen molar-refractivity contribution in [3.8, 4) is 51.0 Å². The highest BCUT2D eigenvalue weighted by atomic mass is 16.3. The first-order chi connectivity index (χ1) is 25.6. The highest BCUT2D eigenvalue weighted by Crippen LogP contribution is 2.40. The number of hydrogen-bond acceptors (Lipinski definition) is 4. The van der Waals surface area contributed by atoms with Crippen molar-refractivity contribution in [3.05, 3.63) is 169 Å². The predicted octanol–water partition coefficient (Wildman–Crippen LogP) is 12.2. The molecule has 0 bridgehead atoms. The van der Waals surface area contributed by atoms with E-state index in [1.165, 1.54) is 22.3 Å². The molecule has 0 fully saturated rings. The lowest BCUT2D eigenvalue weighted by Gasteiger charge is -2.13. The number of para-hydroxylation sites is 2. The third-order valence-electron chi connectivity index (χ3n) is 10.0. The Morgan fingerprint density at radius 3 is 1.79 bits per heavy atom. The molecule has 7 aromatic carbocycles. The minimum atomic E-state index is 0.568. The Hall–Kier alpha value is -6.85. The van der Waals surface area contributed by atoms with Crippen molar-refractivity contribution in [3.63, 3.8) is 0 Å². The first-order valence-electron chi connectivity index (χ1n) is 17.5. The minimum Gasteiger partial charge on any atom is -0.456 e. The highest BCUT2D eigenvalue weighted by Gasteiger charge is 2.21. The van der Waals surface area contributed by atoms with Crippen molar-refractivity contribution >= 4 is 43.7 Å². The van der Waals surface area contributed by atoms with Gasteiger partial charge in [0.15, 0.2) is 11.6 Å². The molecular formula is C47H32N4O. The summed E-state index contributed by atoms with van der Waals surface area (Å²) in [5.41, 5.74) is 12.5. The van der Waals surface area contributed by atoms with Crippen LogP contribution in [-0.2, 0) is 0 Å². The molecule has 0 aliphatic heterocycles. The summed E-state index contributed by atoms with van der Waals surface area (Å²) in [5, 5.41) is 4.45. The molecule has 52 heavy (non-hydrogen) atoms. The second-order valence-electron chi connectivity index (χ2n) is 13.5. The van der Waals surface area contributed by atoms with Crippen LogP contribution in [0.2, 0.25) is 0 Å². The molecule has 0 atom stereocenters. The van der Waals surface area contributed by atoms with Crippen LogP contribution in [0.4, 0.5) is 0 Å². The number of nitrogens with zero attached hydrogens (tertiary/aromatic N) is 4. The van der Waals surface area contributed by atoms with Gasteiger partial charge in [-0.1, -0.05) is 139 Å². The zero-order valence-corrected chi connectivity index (χ0v) is 28.7. The lowest BCUT2D eigenvalue weighted by atomic mass is 9.99. The molecule has 0 saturated carbocycles. The van der Waals surface area contributed by atoms with Crippen LogP contribution in [0.5, 0.6) is 0 Å². The molecule has 3 heterocycles. The van der Waals surface area contributed by atoms with Crippen LogP contribution in [0.1, 0.15) is 11.1 Å². The van der Waals surface area contributed by atoms with Gasteiger partial charge in [-0.05, 0) is 60.9 Å². The van der Waals surface area contributed by atoms with Gasteiger partial charge in [-0.25, -0.2) is 4.98 Å². The fourth-order valence-electron chi connectivity index (χ4n) is 7.34. The first-order valence-corrected chi connectivity index (χ1v) is 17.5. The van der Waals surface area contributed by atoms with Crippen molar-refractivity contribution in [2.24, 2.45) is 0 Å². The van der Waals surface area contributed by atoms with Crippen LogP contribution in [0.15, 0.2) is 162 Å². The molecule has 0 N–H and O–H groups in total. The molecule has 246 valence electrons. The summed E-state index contributed by atoms with van der Waals surface area (Å²) >= 11 is 0. The van der Waals surface area contributed by atoms with Crippen LogP contribution >= 0.6 is 0 Å². The van der Waals surface area contributed by atoms with Gasteiger partial charge in [-0.3, -0.25) is 4.57 Å². The number of fused-ring (bicyclic) bond motifs is 6. The quantitative estimate of drug-likeness (QED) is 0.183. The van der Waals surface area contributed by atoms with Crippen LogP contribution < -0.4 is 0 Å². The van der Waals surface area contributed by atoms with Gasteiger partial charge >= 0.3 is 0 Å². The number of furan rings is 1. The van der Waals surface area contributed by atoms with E-state index < -0.39 is 0 Å². The Balaban J connectivity index is 1.20. The van der Waals surface area contributed by atoms with Gasteiger partial charge in [0.1, 0.15) is 11.2 Å². The molecule has 0 unspecified atom stereocenters. The molecule has 0 amide bonds. The molecule has 3 aromatic heterocycles. The summed E-state index contributed by atoms with van der Waals surface area (Å²) in [5.74, 6) is 1.82. The number of hydrogen-bond donors (Lipinski definition) is 0. The average molecular weight is 669 g/mol. The molecular weight excluding hydrogens is 637 g/mol. The van der Waals surface area contributed by atoms with Crippen molar-refractivity contribution in [1.29, 1.82) is 0 Å². The minimum absolute atomic E-state index is 0.568. The monoisotopic (exact) mass is 668 g/mol. The SMILES string of the molecule is Cc1ccc(-c2nc(-c3ccc(C)cc3)nc(-n3c4ccccc4c4cccc(-c5ccc6c(c5)oc5ccc(-c7ccccc7)cc56)c43)n2)cc1. The molecule has 10 rings (SSSR count). The van der Waals surface area contributed by atoms with Gasteiger partial charge in [0, 0.05) is 38.2 Å². The lowest BCUT2D eigenvalue weighted by Crippen LogP contribution is -2.07. The Kier molecular flexibility index (Phi) is 6.86. The van der Waals surface area contributed by atoms with Gasteiger partial charge in [-0.15, -0.1) is 0 Å². The van der Waals surface area contributed by atoms with Crippen LogP contribution in [0.3, 0.4) is 0 Å². The Bertz CT molecular complexity index is 2890. The summed E-state index contributed by atoms with van der Waals surface area (Å²) in [6, 6.07) is 55.1. The van der Waals surface area contributed by atoms with E-state index in [4.69, 9.17) is 19.4 Å². The Morgan fingerprint density at radius 2 is 1.06 bits per heavy atom. The van der Waals surface area contributed by atoms with Crippen LogP contribution in [0, 0.1) is 13.8 Å². The van der Waals surface area contributed by atoms with E-state index in [-0.39, 0.29) is 0 Å². The summed E-state index contributed by atoms with van der Waals surface area (Å²) in [6.45, 7) is 4.18. The number of rotatable bonds is 5. The van der Waals surface area contributed by atoms with Crippen LogP contribution in [-0.4, -0.2) is 19.5 Å². The summed E-state index contributed by atoms with van der Waals surface area (Å²) in [6.07, 6.45) is 0. The fraction of sp³-hybridized carbons (Fsp3) is 0.0426. The second-order valence-corrected chi connectivity index (χ2v) is 13.5. The standard InChI is InChI=1S/C47H32N4O/c1-29-15-19-32(20-16-29)45-48-46(33-21-17-30(2)18-22-33)50-47(49-45)51-41-14-7-6-11-37(41)39-13-8-12-36(44(39)51)35-23-25-38-40-27-34(31-9-4-3-5-10-31)24-26-42(40)52-43(38)28-35/h3-28H,1-2H3. The van der Waals surface area contributed by atoms with Gasteiger partial charge in [-0.2, -0.15) is 9.97 Å². The summed E-state index contributed by atoms with van der Waals surface area (Å²) in [7, 11) is 0. The topological polar surface area (TPSA) is 56.7 Å². The number of aromatic nitrogens is 4. The predicted molar refractivity (Wildman–Crippen MR) is 213 cm³/mol. The smallest absolute Gasteiger partial charge is 0.238 e. The third kappa shape index (κ3) is 4.97. The van der Waals surface area contributed by atoms with Gasteiger partial charge in [0.05, 0.1) is 11.0 Å². The Morgan fingerprint density at radius 1 is 0.423 bits per heavy atom. The maximum atomic E-state index is 6.50. The van der Waals surface area contributed by atoms with E-state index in [9.17, 15) is 0 Å². The summed E-state index contributed by atoms with van der Waals surface area (Å²) < 4.78 is 8.70. The van der Waals surface area contributed by atoms with E-state index in [1.807, 2.05) is 6.07 Å². The van der Waals surface area contributed by atoms with Gasteiger partial charge in [0.2, 0.25) is 5.95 Å². The molecule has 5 nitrogen and oxygen atoms in total. The molecule has 0 saturated heterocycles. The zero-order valence-electron chi connectivity index (χ0n) is 28.7. The van der Waals surface area contributed by atoms with E-state index >= 15 is 0 Å². The second kappa shape index (κ2) is 11.9. The van der Waals surface area contributed by atoms with E-state index in [0.29, 0.717) is 17.6 Å². The van der Waals surface area contributed by atoms with E-state index in [1.54, 1.807) is 0 Å². The van der Waals surface area contributed by atoms with Crippen LogP contribution in [0.25, 0.3) is 94.7 Å². The molecule has 5 heteroatoms. The molecule has 0 aliphatic carbocycles. The third-order valence-corrected chi connectivity index (χ3v) is 10.0. The van der Waals surface area contributed by atoms with Crippen molar-refractivity contribution < 1.29 is 4.42 Å². The van der Waals surface area contributed by atoms with E-state index in [0.717, 1.165) is 66.0 Å². The number of benzene rings is 7. The number of aryl methyl sites for hydroxylation is 2. The maximum Gasteiger partial charge on any atom is 0.238 e. The molecule has 10 aromatic rings. The molecule has 0 radical (unpaired) electrons. The summed E-state index contributed by atoms with van der Waals surface area (Å²) in [4.78, 5) is 15.4. The van der Waals surface area contributed by atoms with Crippen molar-refractivity contribution in [2.45, 2.75) is 13.8 Å². The molecule has 0 spiro atoms. The average Bonchev–Trinajstić information content (AvgIpc) is 3.74. The highest BCUT2D eigenvalue weighted by molar-refractivity contribution is 6.14. The molecule has 0 aliphatic rings. The largest absolute Gasteiger partial charge is 0.456 e. The maximum absolute atomic E-state index is 6.50.